The summed E-state index contributed by atoms with van der Waals surface area (Å²) in [6.07, 6.45) is -1.93. The second kappa shape index (κ2) is 12.9. The van der Waals surface area contributed by atoms with E-state index in [0.717, 1.165) is 16.7 Å². The number of nitrogens with two attached hydrogens (primary N) is 1. The Bertz CT molecular complexity index is 1310. The molecule has 0 bridgehead atoms. The van der Waals surface area contributed by atoms with Crippen LogP contribution in [0.15, 0.2) is 66.7 Å². The highest BCUT2D eigenvalue weighted by atomic mass is 35.5. The normalized spacial score (nSPS) is 17.2. The van der Waals surface area contributed by atoms with Gasteiger partial charge in [0, 0.05) is 41.5 Å². The Morgan fingerprint density at radius 1 is 1.10 bits per heavy atom. The molecule has 39 heavy (non-hydrogen) atoms. The molecule has 2 unspecified atom stereocenters. The zero-order valence-electron chi connectivity index (χ0n) is 22.2. The number of rotatable bonds is 7. The number of halogens is 3. The van der Waals surface area contributed by atoms with E-state index < -0.39 is 23.9 Å². The van der Waals surface area contributed by atoms with E-state index in [2.05, 4.69) is 5.32 Å². The predicted octanol–water partition coefficient (Wildman–Crippen LogP) is 5.93. The topological polar surface area (TPSA) is 84.7 Å². The first-order chi connectivity index (χ1) is 18.1. The number of hydrogen-bond acceptors (Lipinski definition) is 4. The minimum absolute atomic E-state index is 0. The summed E-state index contributed by atoms with van der Waals surface area (Å²) in [6.45, 7) is 6.95. The van der Waals surface area contributed by atoms with Gasteiger partial charge in [-0.05, 0) is 40.8 Å². The van der Waals surface area contributed by atoms with Crippen molar-refractivity contribution in [2.75, 3.05) is 11.4 Å². The van der Waals surface area contributed by atoms with Crippen molar-refractivity contribution in [2.24, 2.45) is 11.1 Å². The van der Waals surface area contributed by atoms with Crippen molar-refractivity contribution in [2.45, 2.75) is 52.5 Å². The van der Waals surface area contributed by atoms with Gasteiger partial charge in [-0.1, -0.05) is 74.8 Å². The molecule has 0 saturated carbocycles. The van der Waals surface area contributed by atoms with Crippen LogP contribution in [-0.2, 0) is 27.4 Å². The lowest BCUT2D eigenvalue weighted by molar-refractivity contribution is -0.138. The Balaban J connectivity index is 0.00000420. The Morgan fingerprint density at radius 2 is 1.79 bits per heavy atom. The number of fused-ring (bicyclic) bond motifs is 1. The van der Waals surface area contributed by atoms with Crippen LogP contribution in [-0.4, -0.2) is 24.5 Å². The van der Waals surface area contributed by atoms with E-state index in [4.69, 9.17) is 22.1 Å². The second-order valence-electron chi connectivity index (χ2n) is 10.7. The Kier molecular flexibility index (Phi) is 10.1. The number of hydrogen-bond donors (Lipinski definition) is 2. The largest absolute Gasteiger partial charge is 0.355 e. The molecule has 3 N–H and O–H groups in total. The number of benzene rings is 3. The van der Waals surface area contributed by atoms with E-state index in [0.29, 0.717) is 29.4 Å². The van der Waals surface area contributed by atoms with E-state index in [1.165, 1.54) is 6.07 Å². The molecule has 0 fully saturated rings. The average molecular weight is 575 g/mol. The molecule has 0 aromatic heterocycles. The minimum atomic E-state index is -1.07. The first-order valence-corrected chi connectivity index (χ1v) is 13.0. The first-order valence-electron chi connectivity index (χ1n) is 12.6. The van der Waals surface area contributed by atoms with Gasteiger partial charge in [0.2, 0.25) is 5.91 Å². The quantitative estimate of drug-likeness (QED) is 0.366. The van der Waals surface area contributed by atoms with Gasteiger partial charge in [0.05, 0.1) is 6.42 Å². The molecule has 0 spiro atoms. The summed E-state index contributed by atoms with van der Waals surface area (Å²) < 4.78 is 20.5. The number of nitrogens with zero attached hydrogens (tertiary/aromatic N) is 1. The van der Waals surface area contributed by atoms with Gasteiger partial charge in [0.1, 0.15) is 18.0 Å². The third-order valence-electron chi connectivity index (χ3n) is 6.36. The highest BCUT2D eigenvalue weighted by molar-refractivity contribution is 6.30. The first kappa shape index (κ1) is 30.6. The van der Waals surface area contributed by atoms with Crippen molar-refractivity contribution in [1.82, 2.24) is 5.32 Å². The molecule has 2 amide bonds. The van der Waals surface area contributed by atoms with Crippen molar-refractivity contribution in [3.63, 3.8) is 0 Å². The number of amides is 2. The van der Waals surface area contributed by atoms with Crippen molar-refractivity contribution < 1.29 is 18.7 Å². The van der Waals surface area contributed by atoms with Gasteiger partial charge in [-0.2, -0.15) is 0 Å². The third-order valence-corrected chi connectivity index (χ3v) is 6.60. The molecule has 4 rings (SSSR count). The molecule has 3 aromatic rings. The Labute approximate surface area is 240 Å². The van der Waals surface area contributed by atoms with Crippen LogP contribution in [0, 0.1) is 11.2 Å². The highest BCUT2D eigenvalue weighted by Crippen LogP contribution is 2.41. The third kappa shape index (κ3) is 7.57. The second-order valence-corrected chi connectivity index (χ2v) is 11.1. The fourth-order valence-corrected chi connectivity index (χ4v) is 4.69. The lowest BCUT2D eigenvalue weighted by Crippen LogP contribution is -2.45. The predicted molar refractivity (Wildman–Crippen MR) is 154 cm³/mol. The lowest BCUT2D eigenvalue weighted by atomic mass is 9.94. The van der Waals surface area contributed by atoms with Crippen molar-refractivity contribution in [3.05, 3.63) is 99.8 Å². The summed E-state index contributed by atoms with van der Waals surface area (Å²) >= 11 is 6.41. The van der Waals surface area contributed by atoms with Crippen LogP contribution in [0.1, 0.15) is 55.5 Å². The number of nitrogens with one attached hydrogen (secondary N) is 1. The molecular weight excluding hydrogens is 540 g/mol. The number of anilines is 1. The van der Waals surface area contributed by atoms with E-state index in [-0.39, 0.29) is 36.7 Å². The monoisotopic (exact) mass is 573 g/mol. The molecule has 1 heterocycles. The van der Waals surface area contributed by atoms with E-state index >= 15 is 0 Å². The maximum absolute atomic E-state index is 14.0. The van der Waals surface area contributed by atoms with Gasteiger partial charge >= 0.3 is 0 Å². The summed E-state index contributed by atoms with van der Waals surface area (Å²) in [5.74, 6) is -1.13. The Hall–Kier alpha value is -2.97. The summed E-state index contributed by atoms with van der Waals surface area (Å²) in [6, 6.07) is 19.3. The molecule has 1 aliphatic rings. The summed E-state index contributed by atoms with van der Waals surface area (Å²) in [5, 5.41) is 3.24. The lowest BCUT2D eigenvalue weighted by Gasteiger charge is -2.31. The van der Waals surface area contributed by atoms with Crippen molar-refractivity contribution in [1.29, 1.82) is 0 Å². The number of ether oxygens (including phenoxy) is 1. The van der Waals surface area contributed by atoms with Gasteiger partial charge in [0.25, 0.3) is 5.91 Å². The SMILES string of the molecule is CC(C)(C)CN1C(=O)C(CC(=O)NCc2ccccc2F)OC(c2ccc(CN)cc2)c2cc(Cl)ccc21.Cl. The molecule has 0 radical (unpaired) electrons. The maximum atomic E-state index is 14.0. The smallest absolute Gasteiger partial charge is 0.256 e. The molecule has 1 aliphatic heterocycles. The van der Waals surface area contributed by atoms with Gasteiger partial charge in [-0.3, -0.25) is 9.59 Å². The molecule has 9 heteroatoms. The van der Waals surface area contributed by atoms with Crippen LogP contribution in [0.25, 0.3) is 0 Å². The molecule has 0 saturated heterocycles. The van der Waals surface area contributed by atoms with E-state index in [1.807, 2.05) is 57.2 Å². The molecule has 2 atom stereocenters. The minimum Gasteiger partial charge on any atom is -0.355 e. The zero-order valence-corrected chi connectivity index (χ0v) is 23.8. The number of carbonyl (C=O) groups is 2. The molecule has 3 aromatic carbocycles. The van der Waals surface area contributed by atoms with Crippen LogP contribution in [0.4, 0.5) is 10.1 Å². The van der Waals surface area contributed by atoms with Crippen LogP contribution in [0.2, 0.25) is 5.02 Å². The molecule has 208 valence electrons. The van der Waals surface area contributed by atoms with Crippen LogP contribution < -0.4 is 16.0 Å². The van der Waals surface area contributed by atoms with Crippen LogP contribution >= 0.6 is 24.0 Å². The van der Waals surface area contributed by atoms with Gasteiger partial charge in [-0.15, -0.1) is 12.4 Å². The standard InChI is InChI=1S/C30H33ClFN3O3.ClH/c1-30(2,3)18-35-25-13-12-22(31)14-23(25)28(20-10-8-19(16-33)9-11-20)38-26(29(35)37)15-27(36)34-17-21-6-4-5-7-24(21)32;/h4-14,26,28H,15-18,33H2,1-3H3,(H,34,36);1H. The van der Waals surface area contributed by atoms with Gasteiger partial charge in [0.15, 0.2) is 0 Å². The number of carbonyl (C=O) groups excluding carboxylic acids is 2. The van der Waals surface area contributed by atoms with E-state index in [1.54, 1.807) is 29.2 Å². The fraction of sp³-hybridized carbons (Fsp3) is 0.333. The molecule has 0 aliphatic carbocycles. The van der Waals surface area contributed by atoms with Crippen LogP contribution in [0.5, 0.6) is 0 Å². The van der Waals surface area contributed by atoms with Crippen molar-refractivity contribution >= 4 is 41.5 Å². The zero-order chi connectivity index (χ0) is 27.4. The summed E-state index contributed by atoms with van der Waals surface area (Å²) in [5.41, 5.74) is 9.12. The van der Waals surface area contributed by atoms with Crippen LogP contribution in [0.3, 0.4) is 0 Å². The molecular formula is C30H34Cl2FN3O3. The Morgan fingerprint density at radius 3 is 2.44 bits per heavy atom. The summed E-state index contributed by atoms with van der Waals surface area (Å²) in [4.78, 5) is 28.6. The van der Waals surface area contributed by atoms with Gasteiger partial charge < -0.3 is 20.7 Å². The van der Waals surface area contributed by atoms with Gasteiger partial charge in [-0.25, -0.2) is 4.39 Å². The summed E-state index contributed by atoms with van der Waals surface area (Å²) in [7, 11) is 0. The van der Waals surface area contributed by atoms with E-state index in [9.17, 15) is 14.0 Å². The maximum Gasteiger partial charge on any atom is 0.256 e. The molecule has 6 nitrogen and oxygen atoms in total. The fourth-order valence-electron chi connectivity index (χ4n) is 4.51. The average Bonchev–Trinajstić information content (AvgIpc) is 2.98. The van der Waals surface area contributed by atoms with Crippen molar-refractivity contribution in [3.8, 4) is 0 Å². The highest BCUT2D eigenvalue weighted by Gasteiger charge is 2.39.